The van der Waals surface area contributed by atoms with E-state index in [0.717, 1.165) is 56.1 Å². The molecule has 1 aliphatic carbocycles. The van der Waals surface area contributed by atoms with Gasteiger partial charge >= 0.3 is 6.18 Å². The SMILES string of the molecule is Cn1c(COc2cc(C(F)(F)F)ccn2)nnc1[C@H]1CC[C@H](C=O)CC1. The monoisotopic (exact) mass is 368 g/mol. The van der Waals surface area contributed by atoms with Crippen molar-refractivity contribution < 1.29 is 22.7 Å². The number of hydrogen-bond acceptors (Lipinski definition) is 5. The number of ether oxygens (including phenoxy) is 1. The molecule has 0 bridgehead atoms. The van der Waals surface area contributed by atoms with Gasteiger partial charge in [0.05, 0.1) is 5.56 Å². The van der Waals surface area contributed by atoms with Gasteiger partial charge in [0.15, 0.2) is 5.82 Å². The minimum absolute atomic E-state index is 0.0263. The van der Waals surface area contributed by atoms with E-state index in [1.165, 1.54) is 0 Å². The van der Waals surface area contributed by atoms with Crippen molar-refractivity contribution in [1.82, 2.24) is 19.7 Å². The molecule has 140 valence electrons. The smallest absolute Gasteiger partial charge is 0.416 e. The van der Waals surface area contributed by atoms with E-state index in [4.69, 9.17) is 4.74 Å². The number of aromatic nitrogens is 4. The molecule has 0 atom stereocenters. The molecule has 2 heterocycles. The van der Waals surface area contributed by atoms with E-state index in [9.17, 15) is 18.0 Å². The standard InChI is InChI=1S/C17H19F3N4O2/c1-24-14(10-26-15-8-13(6-7-21-15)17(18,19)20)22-23-16(24)12-4-2-11(9-25)3-5-12/h6-9,11-12H,2-5,10H2,1H3/t11-,12-. The maximum absolute atomic E-state index is 12.7. The lowest BCUT2D eigenvalue weighted by molar-refractivity contribution is -0.137. The van der Waals surface area contributed by atoms with Crippen LogP contribution in [0.4, 0.5) is 13.2 Å². The van der Waals surface area contributed by atoms with E-state index >= 15 is 0 Å². The normalized spacial score (nSPS) is 20.8. The average Bonchev–Trinajstić information content (AvgIpc) is 3.00. The van der Waals surface area contributed by atoms with Crippen LogP contribution in [0.25, 0.3) is 0 Å². The number of aldehydes is 1. The summed E-state index contributed by atoms with van der Waals surface area (Å²) in [5, 5.41) is 8.29. The van der Waals surface area contributed by atoms with Gasteiger partial charge in [-0.25, -0.2) is 4.98 Å². The minimum atomic E-state index is -4.45. The predicted molar refractivity (Wildman–Crippen MR) is 85.3 cm³/mol. The Morgan fingerprint density at radius 1 is 1.27 bits per heavy atom. The Labute approximate surface area is 148 Å². The van der Waals surface area contributed by atoms with Crippen LogP contribution in [0.3, 0.4) is 0 Å². The molecule has 0 amide bonds. The molecule has 0 aromatic carbocycles. The first-order valence-electron chi connectivity index (χ1n) is 8.38. The fourth-order valence-corrected chi connectivity index (χ4v) is 3.17. The van der Waals surface area contributed by atoms with Gasteiger partial charge in [-0.1, -0.05) is 0 Å². The molecule has 1 saturated carbocycles. The van der Waals surface area contributed by atoms with Crippen molar-refractivity contribution in [2.75, 3.05) is 0 Å². The molecule has 1 aliphatic rings. The molecule has 0 saturated heterocycles. The fourth-order valence-electron chi connectivity index (χ4n) is 3.17. The summed E-state index contributed by atoms with van der Waals surface area (Å²) in [6.07, 6.45) is 1.03. The third-order valence-corrected chi connectivity index (χ3v) is 4.74. The summed E-state index contributed by atoms with van der Waals surface area (Å²) < 4.78 is 45.3. The summed E-state index contributed by atoms with van der Waals surface area (Å²) in [6.45, 7) is -0.0263. The molecule has 0 N–H and O–H groups in total. The maximum atomic E-state index is 12.7. The van der Waals surface area contributed by atoms with Gasteiger partial charge < -0.3 is 14.1 Å². The highest BCUT2D eigenvalue weighted by Gasteiger charge is 2.31. The molecule has 2 aromatic heterocycles. The van der Waals surface area contributed by atoms with Crippen LogP contribution < -0.4 is 4.74 Å². The zero-order valence-corrected chi connectivity index (χ0v) is 14.2. The van der Waals surface area contributed by atoms with Gasteiger partial charge in [0.2, 0.25) is 5.88 Å². The quantitative estimate of drug-likeness (QED) is 0.758. The molecular formula is C17H19F3N4O2. The number of nitrogens with zero attached hydrogens (tertiary/aromatic N) is 4. The minimum Gasteiger partial charge on any atom is -0.469 e. The van der Waals surface area contributed by atoms with Crippen LogP contribution in [-0.2, 0) is 24.6 Å². The topological polar surface area (TPSA) is 69.9 Å². The number of carbonyl (C=O) groups excluding carboxylic acids is 1. The molecule has 6 nitrogen and oxygen atoms in total. The van der Waals surface area contributed by atoms with Crippen LogP contribution in [0, 0.1) is 5.92 Å². The van der Waals surface area contributed by atoms with E-state index in [1.807, 2.05) is 0 Å². The largest absolute Gasteiger partial charge is 0.469 e. The van der Waals surface area contributed by atoms with Crippen molar-refractivity contribution >= 4 is 6.29 Å². The average molecular weight is 368 g/mol. The highest BCUT2D eigenvalue weighted by molar-refractivity contribution is 5.53. The van der Waals surface area contributed by atoms with Crippen LogP contribution >= 0.6 is 0 Å². The predicted octanol–water partition coefficient (Wildman–Crippen LogP) is 3.28. The van der Waals surface area contributed by atoms with E-state index in [0.29, 0.717) is 5.82 Å². The van der Waals surface area contributed by atoms with Crippen molar-refractivity contribution in [1.29, 1.82) is 0 Å². The lowest BCUT2D eigenvalue weighted by Gasteiger charge is -2.24. The third-order valence-electron chi connectivity index (χ3n) is 4.74. The Morgan fingerprint density at radius 3 is 2.65 bits per heavy atom. The summed E-state index contributed by atoms with van der Waals surface area (Å²) >= 11 is 0. The van der Waals surface area contributed by atoms with E-state index in [2.05, 4.69) is 15.2 Å². The van der Waals surface area contributed by atoms with E-state index in [-0.39, 0.29) is 24.3 Å². The molecule has 0 aliphatic heterocycles. The number of hydrogen-bond donors (Lipinski definition) is 0. The molecule has 2 aromatic rings. The summed E-state index contributed by atoms with van der Waals surface area (Å²) in [6, 6.07) is 1.75. The fraction of sp³-hybridized carbons (Fsp3) is 0.529. The van der Waals surface area contributed by atoms with E-state index < -0.39 is 11.7 Å². The van der Waals surface area contributed by atoms with Crippen LogP contribution in [0.2, 0.25) is 0 Å². The van der Waals surface area contributed by atoms with Gasteiger partial charge in [0.1, 0.15) is 18.7 Å². The van der Waals surface area contributed by atoms with Gasteiger partial charge in [-0.15, -0.1) is 10.2 Å². The van der Waals surface area contributed by atoms with Crippen molar-refractivity contribution in [3.8, 4) is 5.88 Å². The van der Waals surface area contributed by atoms with Gasteiger partial charge in [-0.2, -0.15) is 13.2 Å². The third kappa shape index (κ3) is 4.03. The first kappa shape index (κ1) is 18.3. The Kier molecular flexibility index (Phi) is 5.24. The lowest BCUT2D eigenvalue weighted by atomic mass is 9.82. The zero-order chi connectivity index (χ0) is 18.7. The molecule has 0 spiro atoms. The Bertz CT molecular complexity index is 768. The van der Waals surface area contributed by atoms with Gasteiger partial charge in [0.25, 0.3) is 0 Å². The Hall–Kier alpha value is -2.45. The second-order valence-corrected chi connectivity index (χ2v) is 6.45. The summed E-state index contributed by atoms with van der Waals surface area (Å²) in [5.74, 6) is 1.55. The lowest BCUT2D eigenvalue weighted by Crippen LogP contribution is -2.17. The number of carbonyl (C=O) groups is 1. The zero-order valence-electron chi connectivity index (χ0n) is 14.2. The summed E-state index contributed by atoms with van der Waals surface area (Å²) in [4.78, 5) is 14.7. The van der Waals surface area contributed by atoms with Crippen LogP contribution in [0.1, 0.15) is 48.8 Å². The van der Waals surface area contributed by atoms with Crippen molar-refractivity contribution in [3.63, 3.8) is 0 Å². The van der Waals surface area contributed by atoms with Crippen LogP contribution in [-0.4, -0.2) is 26.0 Å². The van der Waals surface area contributed by atoms with Crippen molar-refractivity contribution in [2.24, 2.45) is 13.0 Å². The Morgan fingerprint density at radius 2 is 2.00 bits per heavy atom. The molecular weight excluding hydrogens is 349 g/mol. The second-order valence-electron chi connectivity index (χ2n) is 6.45. The summed E-state index contributed by atoms with van der Waals surface area (Å²) in [7, 11) is 1.80. The first-order valence-corrected chi connectivity index (χ1v) is 8.38. The highest BCUT2D eigenvalue weighted by atomic mass is 19.4. The van der Waals surface area contributed by atoms with Gasteiger partial charge in [-0.3, -0.25) is 0 Å². The Balaban J connectivity index is 1.65. The first-order chi connectivity index (χ1) is 12.4. The molecule has 26 heavy (non-hydrogen) atoms. The van der Waals surface area contributed by atoms with Crippen LogP contribution in [0.5, 0.6) is 5.88 Å². The highest BCUT2D eigenvalue weighted by Crippen LogP contribution is 2.34. The number of halogens is 3. The molecule has 3 rings (SSSR count). The molecule has 0 unspecified atom stereocenters. The molecule has 1 fully saturated rings. The van der Waals surface area contributed by atoms with Gasteiger partial charge in [0, 0.05) is 31.1 Å². The van der Waals surface area contributed by atoms with Crippen LogP contribution in [0.15, 0.2) is 18.3 Å². The molecule has 0 radical (unpaired) electrons. The van der Waals surface area contributed by atoms with Crippen molar-refractivity contribution in [2.45, 2.75) is 44.4 Å². The summed E-state index contributed by atoms with van der Waals surface area (Å²) in [5.41, 5.74) is -0.812. The van der Waals surface area contributed by atoms with Crippen molar-refractivity contribution in [3.05, 3.63) is 35.5 Å². The van der Waals surface area contributed by atoms with Gasteiger partial charge in [-0.05, 0) is 31.7 Å². The number of alkyl halides is 3. The number of pyridine rings is 1. The second kappa shape index (κ2) is 7.43. The van der Waals surface area contributed by atoms with E-state index in [1.54, 1.807) is 11.6 Å². The molecule has 9 heteroatoms. The maximum Gasteiger partial charge on any atom is 0.416 e. The number of rotatable bonds is 5.